The fourth-order valence-corrected chi connectivity index (χ4v) is 3.10. The SMILES string of the molecule is C=CCC(C(=O)OC)(c1ccccc1Cl)N(C)c1ccccc1. The van der Waals surface area contributed by atoms with E-state index in [9.17, 15) is 4.79 Å². The van der Waals surface area contributed by atoms with Crippen LogP contribution in [-0.4, -0.2) is 20.1 Å². The standard InChI is InChI=1S/C19H20ClNO2/c1-4-14-19(18(22)23-3,16-12-8-9-13-17(16)20)21(2)15-10-6-5-7-11-15/h4-13H,1,14H2,2-3H3. The molecule has 0 bridgehead atoms. The number of carbonyl (C=O) groups is 1. The van der Waals surface area contributed by atoms with E-state index in [-0.39, 0.29) is 5.97 Å². The van der Waals surface area contributed by atoms with Gasteiger partial charge in [0.25, 0.3) is 0 Å². The smallest absolute Gasteiger partial charge is 0.336 e. The molecule has 0 saturated heterocycles. The lowest BCUT2D eigenvalue weighted by Crippen LogP contribution is -2.51. The van der Waals surface area contributed by atoms with Crippen LogP contribution in [0.4, 0.5) is 5.69 Å². The second-order valence-electron chi connectivity index (χ2n) is 5.22. The fraction of sp³-hybridized carbons (Fsp3) is 0.211. The number of likely N-dealkylation sites (N-methyl/N-ethyl adjacent to an activating group) is 1. The summed E-state index contributed by atoms with van der Waals surface area (Å²) in [4.78, 5) is 14.7. The minimum Gasteiger partial charge on any atom is -0.467 e. The number of halogens is 1. The second-order valence-corrected chi connectivity index (χ2v) is 5.63. The van der Waals surface area contributed by atoms with E-state index in [1.165, 1.54) is 7.11 Å². The van der Waals surface area contributed by atoms with E-state index in [4.69, 9.17) is 16.3 Å². The molecule has 0 aliphatic carbocycles. The number of methoxy groups -OCH3 is 1. The number of carbonyl (C=O) groups excluding carboxylic acids is 1. The Labute approximate surface area is 142 Å². The highest BCUT2D eigenvalue weighted by atomic mass is 35.5. The molecule has 0 N–H and O–H groups in total. The van der Waals surface area contributed by atoms with Crippen molar-refractivity contribution in [2.45, 2.75) is 12.0 Å². The van der Waals surface area contributed by atoms with E-state index in [1.807, 2.05) is 60.5 Å². The summed E-state index contributed by atoms with van der Waals surface area (Å²) in [6.07, 6.45) is 2.08. The molecular weight excluding hydrogens is 310 g/mol. The number of nitrogens with zero attached hydrogens (tertiary/aromatic N) is 1. The molecule has 2 aromatic carbocycles. The van der Waals surface area contributed by atoms with Crippen LogP contribution in [0.15, 0.2) is 67.3 Å². The highest BCUT2D eigenvalue weighted by molar-refractivity contribution is 6.31. The van der Waals surface area contributed by atoms with Gasteiger partial charge in [0.05, 0.1) is 7.11 Å². The van der Waals surface area contributed by atoms with Gasteiger partial charge in [0.15, 0.2) is 5.54 Å². The van der Waals surface area contributed by atoms with E-state index in [1.54, 1.807) is 12.1 Å². The Morgan fingerprint density at radius 2 is 1.83 bits per heavy atom. The summed E-state index contributed by atoms with van der Waals surface area (Å²) in [5.41, 5.74) is 0.510. The zero-order valence-electron chi connectivity index (χ0n) is 13.3. The highest BCUT2D eigenvalue weighted by Gasteiger charge is 2.45. The summed E-state index contributed by atoms with van der Waals surface area (Å²) in [5, 5.41) is 0.516. The number of ether oxygens (including phenoxy) is 1. The molecule has 1 atom stereocenters. The van der Waals surface area contributed by atoms with Gasteiger partial charge in [0.2, 0.25) is 0 Å². The summed E-state index contributed by atoms with van der Waals surface area (Å²) in [7, 11) is 3.24. The molecule has 0 radical (unpaired) electrons. The molecule has 0 aromatic heterocycles. The lowest BCUT2D eigenvalue weighted by molar-refractivity contribution is -0.147. The summed E-state index contributed by atoms with van der Waals surface area (Å²) < 4.78 is 5.13. The molecule has 1 unspecified atom stereocenters. The van der Waals surface area contributed by atoms with Crippen molar-refractivity contribution in [2.75, 3.05) is 19.1 Å². The molecule has 0 saturated carbocycles. The Hall–Kier alpha value is -2.26. The fourth-order valence-electron chi connectivity index (χ4n) is 2.80. The van der Waals surface area contributed by atoms with Gasteiger partial charge < -0.3 is 9.64 Å². The van der Waals surface area contributed by atoms with E-state index >= 15 is 0 Å². The first-order valence-corrected chi connectivity index (χ1v) is 7.69. The lowest BCUT2D eigenvalue weighted by atomic mass is 9.84. The average Bonchev–Trinajstić information content (AvgIpc) is 2.60. The molecule has 120 valence electrons. The number of para-hydroxylation sites is 1. The molecule has 2 rings (SSSR count). The van der Waals surface area contributed by atoms with E-state index in [0.29, 0.717) is 17.0 Å². The number of rotatable bonds is 6. The van der Waals surface area contributed by atoms with Gasteiger partial charge in [-0.1, -0.05) is 54.1 Å². The Balaban J connectivity index is 2.70. The summed E-state index contributed by atoms with van der Waals surface area (Å²) in [6, 6.07) is 17.0. The Bertz CT molecular complexity index is 687. The molecule has 23 heavy (non-hydrogen) atoms. The van der Waals surface area contributed by atoms with E-state index in [2.05, 4.69) is 6.58 Å². The maximum atomic E-state index is 12.8. The zero-order valence-corrected chi connectivity index (χ0v) is 14.1. The molecule has 0 aliphatic heterocycles. The molecule has 0 heterocycles. The first-order chi connectivity index (χ1) is 11.1. The largest absolute Gasteiger partial charge is 0.467 e. The average molecular weight is 330 g/mol. The third-order valence-electron chi connectivity index (χ3n) is 4.00. The number of hydrogen-bond acceptors (Lipinski definition) is 3. The number of benzene rings is 2. The Morgan fingerprint density at radius 1 is 1.22 bits per heavy atom. The van der Waals surface area contributed by atoms with Gasteiger partial charge in [-0.15, -0.1) is 6.58 Å². The maximum Gasteiger partial charge on any atom is 0.336 e. The van der Waals surface area contributed by atoms with Gasteiger partial charge in [0.1, 0.15) is 0 Å². The van der Waals surface area contributed by atoms with Crippen LogP contribution in [0.2, 0.25) is 5.02 Å². The maximum absolute atomic E-state index is 12.8. The summed E-state index contributed by atoms with van der Waals surface area (Å²) in [6.45, 7) is 3.82. The van der Waals surface area contributed by atoms with Crippen LogP contribution >= 0.6 is 11.6 Å². The molecule has 4 heteroatoms. The molecule has 0 spiro atoms. The van der Waals surface area contributed by atoms with Crippen molar-refractivity contribution in [3.8, 4) is 0 Å². The Morgan fingerprint density at radius 3 is 2.39 bits per heavy atom. The van der Waals surface area contributed by atoms with Crippen molar-refractivity contribution in [1.29, 1.82) is 0 Å². The monoisotopic (exact) mass is 329 g/mol. The molecule has 3 nitrogen and oxygen atoms in total. The van der Waals surface area contributed by atoms with Crippen LogP contribution in [0.5, 0.6) is 0 Å². The van der Waals surface area contributed by atoms with Crippen molar-refractivity contribution in [3.05, 3.63) is 77.8 Å². The molecular formula is C19H20ClNO2. The van der Waals surface area contributed by atoms with Crippen LogP contribution in [0.3, 0.4) is 0 Å². The van der Waals surface area contributed by atoms with Crippen molar-refractivity contribution >= 4 is 23.3 Å². The lowest BCUT2D eigenvalue weighted by Gasteiger charge is -2.41. The van der Waals surface area contributed by atoms with E-state index in [0.717, 1.165) is 5.69 Å². The van der Waals surface area contributed by atoms with Crippen LogP contribution in [0.25, 0.3) is 0 Å². The van der Waals surface area contributed by atoms with Gasteiger partial charge in [-0.25, -0.2) is 4.79 Å². The van der Waals surface area contributed by atoms with Crippen molar-refractivity contribution < 1.29 is 9.53 Å². The summed E-state index contributed by atoms with van der Waals surface area (Å²) >= 11 is 6.41. The number of esters is 1. The molecule has 0 fully saturated rings. The molecule has 2 aromatic rings. The van der Waals surface area contributed by atoms with Gasteiger partial charge in [-0.2, -0.15) is 0 Å². The minimum atomic E-state index is -1.07. The highest BCUT2D eigenvalue weighted by Crippen LogP contribution is 2.39. The molecule has 0 amide bonds. The third kappa shape index (κ3) is 3.10. The molecule has 0 aliphatic rings. The zero-order chi connectivity index (χ0) is 16.9. The predicted molar refractivity (Wildman–Crippen MR) is 94.8 cm³/mol. The normalized spacial score (nSPS) is 13.0. The van der Waals surface area contributed by atoms with Crippen LogP contribution < -0.4 is 4.90 Å². The van der Waals surface area contributed by atoms with Crippen molar-refractivity contribution in [1.82, 2.24) is 0 Å². The van der Waals surface area contributed by atoms with Gasteiger partial charge >= 0.3 is 5.97 Å². The van der Waals surface area contributed by atoms with Crippen molar-refractivity contribution in [2.24, 2.45) is 0 Å². The number of anilines is 1. The first-order valence-electron chi connectivity index (χ1n) is 7.31. The third-order valence-corrected chi connectivity index (χ3v) is 4.33. The second kappa shape index (κ2) is 7.34. The minimum absolute atomic E-state index is 0.370. The summed E-state index contributed by atoms with van der Waals surface area (Å²) in [5.74, 6) is -0.378. The number of hydrogen-bond donors (Lipinski definition) is 0. The van der Waals surface area contributed by atoms with Crippen LogP contribution in [0, 0.1) is 0 Å². The van der Waals surface area contributed by atoms with Crippen molar-refractivity contribution in [3.63, 3.8) is 0 Å². The van der Waals surface area contributed by atoms with Gasteiger partial charge in [-0.3, -0.25) is 0 Å². The van der Waals surface area contributed by atoms with Gasteiger partial charge in [0, 0.05) is 29.7 Å². The first kappa shape index (κ1) is 17.1. The van der Waals surface area contributed by atoms with E-state index < -0.39 is 5.54 Å². The predicted octanol–water partition coefficient (Wildman–Crippen LogP) is 4.42. The Kier molecular flexibility index (Phi) is 5.45. The van der Waals surface area contributed by atoms with Crippen LogP contribution in [0.1, 0.15) is 12.0 Å². The quantitative estimate of drug-likeness (QED) is 0.580. The topological polar surface area (TPSA) is 29.5 Å². The van der Waals surface area contributed by atoms with Gasteiger partial charge in [-0.05, 0) is 18.2 Å². The van der Waals surface area contributed by atoms with Crippen LogP contribution in [-0.2, 0) is 15.1 Å².